The summed E-state index contributed by atoms with van der Waals surface area (Å²) in [4.78, 5) is 6.41. The molecule has 1 aliphatic heterocycles. The van der Waals surface area contributed by atoms with Gasteiger partial charge < -0.3 is 9.64 Å². The molecular formula is C17H17F3N2O. The van der Waals surface area contributed by atoms with Crippen LogP contribution in [0.4, 0.5) is 19.0 Å². The molecule has 122 valence electrons. The van der Waals surface area contributed by atoms with Crippen LogP contribution in [0, 0.1) is 0 Å². The molecule has 1 aromatic carbocycles. The minimum absolute atomic E-state index is 0.0868. The van der Waals surface area contributed by atoms with Crippen LogP contribution >= 0.6 is 0 Å². The lowest BCUT2D eigenvalue weighted by Gasteiger charge is -2.33. The van der Waals surface area contributed by atoms with Gasteiger partial charge in [-0.2, -0.15) is 13.2 Å². The van der Waals surface area contributed by atoms with Crippen molar-refractivity contribution in [2.24, 2.45) is 0 Å². The summed E-state index contributed by atoms with van der Waals surface area (Å²) < 4.78 is 44.6. The van der Waals surface area contributed by atoms with E-state index < -0.39 is 11.7 Å². The Hall–Kier alpha value is -2.24. The molecule has 0 bridgehead atoms. The number of hydrogen-bond donors (Lipinski definition) is 0. The SMILES string of the molecule is FC(F)(F)c1ccccc1OC1CCN(c2ccccn2)CC1. The van der Waals surface area contributed by atoms with Crippen molar-refractivity contribution in [1.29, 1.82) is 0 Å². The van der Waals surface area contributed by atoms with E-state index in [-0.39, 0.29) is 11.9 Å². The molecule has 0 radical (unpaired) electrons. The molecule has 0 amide bonds. The van der Waals surface area contributed by atoms with E-state index >= 15 is 0 Å². The Bertz CT molecular complexity index is 638. The van der Waals surface area contributed by atoms with E-state index in [1.54, 1.807) is 12.3 Å². The van der Waals surface area contributed by atoms with Gasteiger partial charge in [0.1, 0.15) is 17.7 Å². The smallest absolute Gasteiger partial charge is 0.419 e. The normalized spacial score (nSPS) is 16.4. The van der Waals surface area contributed by atoms with Crippen molar-refractivity contribution in [2.45, 2.75) is 25.1 Å². The quantitative estimate of drug-likeness (QED) is 0.849. The van der Waals surface area contributed by atoms with Crippen LogP contribution in [-0.4, -0.2) is 24.2 Å². The first-order valence-corrected chi connectivity index (χ1v) is 7.53. The highest BCUT2D eigenvalue weighted by Gasteiger charge is 2.35. The lowest BCUT2D eigenvalue weighted by molar-refractivity contribution is -0.139. The van der Waals surface area contributed by atoms with Crippen LogP contribution < -0.4 is 9.64 Å². The molecule has 0 N–H and O–H groups in total. The minimum atomic E-state index is -4.40. The molecule has 2 aromatic rings. The number of nitrogens with zero attached hydrogens (tertiary/aromatic N) is 2. The maximum atomic E-state index is 13.0. The molecule has 0 atom stereocenters. The molecule has 1 saturated heterocycles. The molecule has 0 spiro atoms. The van der Waals surface area contributed by atoms with Gasteiger partial charge in [-0.1, -0.05) is 18.2 Å². The van der Waals surface area contributed by atoms with Crippen molar-refractivity contribution in [3.8, 4) is 5.75 Å². The molecule has 0 saturated carbocycles. The minimum Gasteiger partial charge on any atom is -0.490 e. The summed E-state index contributed by atoms with van der Waals surface area (Å²) in [7, 11) is 0. The molecule has 1 fully saturated rings. The van der Waals surface area contributed by atoms with Crippen molar-refractivity contribution in [3.63, 3.8) is 0 Å². The van der Waals surface area contributed by atoms with Gasteiger partial charge >= 0.3 is 6.18 Å². The fourth-order valence-electron chi connectivity index (χ4n) is 2.73. The Balaban J connectivity index is 1.64. The maximum Gasteiger partial charge on any atom is 0.419 e. The lowest BCUT2D eigenvalue weighted by atomic mass is 10.1. The molecule has 3 nitrogen and oxygen atoms in total. The first kappa shape index (κ1) is 15.6. The van der Waals surface area contributed by atoms with Crippen LogP contribution in [-0.2, 0) is 6.18 Å². The Labute approximate surface area is 132 Å². The fraction of sp³-hybridized carbons (Fsp3) is 0.353. The molecular weight excluding hydrogens is 305 g/mol. The van der Waals surface area contributed by atoms with E-state index in [2.05, 4.69) is 9.88 Å². The van der Waals surface area contributed by atoms with Gasteiger partial charge in [-0.25, -0.2) is 4.98 Å². The summed E-state index contributed by atoms with van der Waals surface area (Å²) in [5, 5.41) is 0. The summed E-state index contributed by atoms with van der Waals surface area (Å²) in [6.45, 7) is 1.44. The zero-order valence-corrected chi connectivity index (χ0v) is 12.5. The second-order valence-electron chi connectivity index (χ2n) is 5.49. The second-order valence-corrected chi connectivity index (χ2v) is 5.49. The maximum absolute atomic E-state index is 13.0. The molecule has 0 aliphatic carbocycles. The van der Waals surface area contributed by atoms with Gasteiger partial charge in [-0.3, -0.25) is 0 Å². The van der Waals surface area contributed by atoms with Crippen LogP contribution in [0.15, 0.2) is 48.7 Å². The summed E-state index contributed by atoms with van der Waals surface area (Å²) in [5.74, 6) is 0.804. The molecule has 3 rings (SSSR count). The summed E-state index contributed by atoms with van der Waals surface area (Å²) in [6, 6.07) is 11.1. The lowest BCUT2D eigenvalue weighted by Crippen LogP contribution is -2.38. The Kier molecular flexibility index (Phi) is 4.41. The Morgan fingerprint density at radius 2 is 1.70 bits per heavy atom. The predicted octanol–water partition coefficient (Wildman–Crippen LogP) is 4.15. The number of alkyl halides is 3. The highest BCUT2D eigenvalue weighted by atomic mass is 19.4. The second kappa shape index (κ2) is 6.48. The molecule has 6 heteroatoms. The van der Waals surface area contributed by atoms with Gasteiger partial charge in [-0.05, 0) is 24.3 Å². The highest BCUT2D eigenvalue weighted by Crippen LogP contribution is 2.37. The van der Waals surface area contributed by atoms with Gasteiger partial charge in [-0.15, -0.1) is 0 Å². The van der Waals surface area contributed by atoms with Gasteiger partial charge in [0.2, 0.25) is 0 Å². The number of rotatable bonds is 3. The van der Waals surface area contributed by atoms with Crippen molar-refractivity contribution >= 4 is 5.82 Å². The Morgan fingerprint density at radius 1 is 1.00 bits per heavy atom. The topological polar surface area (TPSA) is 25.4 Å². The zero-order valence-electron chi connectivity index (χ0n) is 12.5. The number of para-hydroxylation sites is 1. The number of aromatic nitrogens is 1. The standard InChI is InChI=1S/C17H17F3N2O/c18-17(19,20)14-5-1-2-6-15(14)23-13-8-11-22(12-9-13)16-7-3-4-10-21-16/h1-7,10,13H,8-9,11-12H2. The number of halogens is 3. The average molecular weight is 322 g/mol. The largest absolute Gasteiger partial charge is 0.490 e. The monoisotopic (exact) mass is 322 g/mol. The van der Waals surface area contributed by atoms with E-state index in [9.17, 15) is 13.2 Å². The number of hydrogen-bond acceptors (Lipinski definition) is 3. The van der Waals surface area contributed by atoms with Crippen molar-refractivity contribution in [2.75, 3.05) is 18.0 Å². The van der Waals surface area contributed by atoms with Crippen LogP contribution in [0.3, 0.4) is 0 Å². The van der Waals surface area contributed by atoms with E-state index in [4.69, 9.17) is 4.74 Å². The third-order valence-corrected chi connectivity index (χ3v) is 3.90. The van der Waals surface area contributed by atoms with Gasteiger partial charge in [0.15, 0.2) is 0 Å². The first-order chi connectivity index (χ1) is 11.0. The zero-order chi connectivity index (χ0) is 16.3. The first-order valence-electron chi connectivity index (χ1n) is 7.53. The van der Waals surface area contributed by atoms with E-state index in [0.29, 0.717) is 12.8 Å². The van der Waals surface area contributed by atoms with Gasteiger partial charge in [0.25, 0.3) is 0 Å². The van der Waals surface area contributed by atoms with E-state index in [1.807, 2.05) is 18.2 Å². The Morgan fingerprint density at radius 3 is 2.35 bits per heavy atom. The summed E-state index contributed by atoms with van der Waals surface area (Å²) >= 11 is 0. The van der Waals surface area contributed by atoms with Crippen molar-refractivity contribution < 1.29 is 17.9 Å². The van der Waals surface area contributed by atoms with Gasteiger partial charge in [0, 0.05) is 32.1 Å². The third kappa shape index (κ3) is 3.75. The molecule has 23 heavy (non-hydrogen) atoms. The molecule has 1 aromatic heterocycles. The average Bonchev–Trinajstić information content (AvgIpc) is 2.56. The van der Waals surface area contributed by atoms with E-state index in [1.165, 1.54) is 12.1 Å². The van der Waals surface area contributed by atoms with Crippen LogP contribution in [0.2, 0.25) is 0 Å². The third-order valence-electron chi connectivity index (χ3n) is 3.90. The van der Waals surface area contributed by atoms with E-state index in [0.717, 1.165) is 25.0 Å². The number of benzene rings is 1. The number of ether oxygens (including phenoxy) is 1. The van der Waals surface area contributed by atoms with Gasteiger partial charge in [0.05, 0.1) is 5.56 Å². The van der Waals surface area contributed by atoms with Crippen molar-refractivity contribution in [1.82, 2.24) is 4.98 Å². The molecule has 2 heterocycles. The predicted molar refractivity (Wildman–Crippen MR) is 81.5 cm³/mol. The van der Waals surface area contributed by atoms with Crippen LogP contribution in [0.25, 0.3) is 0 Å². The fourth-order valence-corrected chi connectivity index (χ4v) is 2.73. The number of anilines is 1. The van der Waals surface area contributed by atoms with Crippen LogP contribution in [0.5, 0.6) is 5.75 Å². The molecule has 0 unspecified atom stereocenters. The van der Waals surface area contributed by atoms with Crippen LogP contribution in [0.1, 0.15) is 18.4 Å². The number of pyridine rings is 1. The summed E-state index contributed by atoms with van der Waals surface area (Å²) in [6.07, 6.45) is -1.53. The summed E-state index contributed by atoms with van der Waals surface area (Å²) in [5.41, 5.74) is -0.716. The highest BCUT2D eigenvalue weighted by molar-refractivity contribution is 5.39. The van der Waals surface area contributed by atoms with Crippen molar-refractivity contribution in [3.05, 3.63) is 54.2 Å². The number of piperidine rings is 1. The molecule has 1 aliphatic rings.